The minimum atomic E-state index is -4.97. The summed E-state index contributed by atoms with van der Waals surface area (Å²) in [7, 11) is -4.97. The fourth-order valence-corrected chi connectivity index (χ4v) is 3.76. The zero-order valence-electron chi connectivity index (χ0n) is 17.4. The Balaban J connectivity index is 1.92. The highest BCUT2D eigenvalue weighted by atomic mass is 31.2. The maximum absolute atomic E-state index is 12.4. The number of phosphoric ester groups is 1. The predicted molar refractivity (Wildman–Crippen MR) is 106 cm³/mol. The third-order valence-corrected chi connectivity index (χ3v) is 5.27. The molecule has 3 heterocycles. The lowest BCUT2D eigenvalue weighted by Crippen LogP contribution is -2.39. The normalized spacial score (nSPS) is 24.7. The van der Waals surface area contributed by atoms with E-state index in [0.29, 0.717) is 0 Å². The first-order valence-electron chi connectivity index (χ1n) is 9.53. The molecule has 0 radical (unpaired) electrons. The number of ether oxygens (including phenoxy) is 2. The molecule has 1 aliphatic rings. The Morgan fingerprint density at radius 3 is 2.59 bits per heavy atom. The van der Waals surface area contributed by atoms with Gasteiger partial charge >= 0.3 is 25.5 Å². The van der Waals surface area contributed by atoms with E-state index in [4.69, 9.17) is 24.4 Å². The van der Waals surface area contributed by atoms with Crippen molar-refractivity contribution in [2.24, 2.45) is 0 Å². The van der Waals surface area contributed by atoms with Gasteiger partial charge in [-0.1, -0.05) is 0 Å². The number of hydrogen-bond acceptors (Lipinski definition) is 11. The largest absolute Gasteiger partial charge is 0.481 e. The molecule has 0 amide bonds. The molecule has 7 N–H and O–H groups in total. The summed E-state index contributed by atoms with van der Waals surface area (Å²) in [5, 5.41) is 29.6. The Labute approximate surface area is 188 Å². The molecule has 0 aliphatic carbocycles. The van der Waals surface area contributed by atoms with Crippen LogP contribution in [0.25, 0.3) is 11.2 Å². The molecule has 18 heteroatoms. The zero-order chi connectivity index (χ0) is 25.4. The number of aromatic nitrogens is 4. The number of hydrogen-bond donors (Lipinski definition) is 7. The second-order valence-electron chi connectivity index (χ2n) is 7.80. The maximum Gasteiger partial charge on any atom is 0.469 e. The number of rotatable bonds is 9. The first kappa shape index (κ1) is 25.7. The van der Waals surface area contributed by atoms with Crippen molar-refractivity contribution in [2.45, 2.75) is 49.9 Å². The molecule has 1 saturated heterocycles. The smallest absolute Gasteiger partial charge is 0.469 e. The van der Waals surface area contributed by atoms with E-state index in [-0.39, 0.29) is 11.2 Å². The summed E-state index contributed by atoms with van der Waals surface area (Å²) in [6.07, 6.45) is -6.84. The van der Waals surface area contributed by atoms with Gasteiger partial charge in [0.2, 0.25) is 0 Å². The zero-order valence-corrected chi connectivity index (χ0v) is 18.2. The van der Waals surface area contributed by atoms with Crippen molar-refractivity contribution in [3.05, 3.63) is 27.2 Å². The fourth-order valence-electron chi connectivity index (χ4n) is 3.42. The summed E-state index contributed by atoms with van der Waals surface area (Å²) in [5.41, 5.74) is -4.16. The van der Waals surface area contributed by atoms with Gasteiger partial charge in [0, 0.05) is 0 Å². The summed E-state index contributed by atoms with van der Waals surface area (Å²) in [6.45, 7) is 0.245. The molecule has 0 aromatic carbocycles. The van der Waals surface area contributed by atoms with E-state index >= 15 is 0 Å². The number of carbonyl (C=O) groups is 2. The molecular formula is C16H21N4O13P. The quantitative estimate of drug-likeness (QED) is 0.134. The van der Waals surface area contributed by atoms with Crippen molar-refractivity contribution in [1.82, 2.24) is 19.5 Å². The number of phosphoric acid groups is 1. The lowest BCUT2D eigenvalue weighted by Gasteiger charge is -2.25. The van der Waals surface area contributed by atoms with Crippen LogP contribution in [0.5, 0.6) is 0 Å². The van der Waals surface area contributed by atoms with Crippen LogP contribution in [0.3, 0.4) is 0 Å². The summed E-state index contributed by atoms with van der Waals surface area (Å²) in [5.74, 6) is -2.52. The molecule has 1 aliphatic heterocycles. The van der Waals surface area contributed by atoms with E-state index in [9.17, 15) is 34.0 Å². The third-order valence-electron chi connectivity index (χ3n) is 4.79. The van der Waals surface area contributed by atoms with Gasteiger partial charge in [-0.15, -0.1) is 0 Å². The van der Waals surface area contributed by atoms with Crippen molar-refractivity contribution >= 4 is 30.9 Å². The summed E-state index contributed by atoms with van der Waals surface area (Å²) < 4.78 is 27.2. The molecule has 188 valence electrons. The number of aliphatic hydroxyl groups excluding tert-OH is 1. The number of esters is 1. The number of carboxylic acid groups (broad SMARTS) is 1. The molecule has 34 heavy (non-hydrogen) atoms. The Kier molecular flexibility index (Phi) is 7.09. The van der Waals surface area contributed by atoms with E-state index in [2.05, 4.69) is 14.5 Å². The number of aliphatic carboxylic acids is 1. The summed E-state index contributed by atoms with van der Waals surface area (Å²) in [6, 6.07) is 0. The number of carboxylic acids is 1. The van der Waals surface area contributed by atoms with Crippen LogP contribution < -0.4 is 11.2 Å². The van der Waals surface area contributed by atoms with Crippen LogP contribution in [0, 0.1) is 0 Å². The van der Waals surface area contributed by atoms with Gasteiger partial charge in [0.1, 0.15) is 17.9 Å². The van der Waals surface area contributed by atoms with Crippen molar-refractivity contribution in [2.75, 3.05) is 6.61 Å². The molecule has 2 aromatic rings. The highest BCUT2D eigenvalue weighted by Crippen LogP contribution is 2.39. The molecule has 0 spiro atoms. The maximum atomic E-state index is 12.4. The number of carbonyl (C=O) groups excluding carboxylic acids is 1. The first-order chi connectivity index (χ1) is 15.7. The van der Waals surface area contributed by atoms with Gasteiger partial charge in [-0.05, 0) is 6.92 Å². The van der Waals surface area contributed by atoms with Crippen LogP contribution in [0.4, 0.5) is 0 Å². The van der Waals surface area contributed by atoms with Crippen LogP contribution >= 0.6 is 7.82 Å². The second-order valence-corrected chi connectivity index (χ2v) is 9.04. The number of fused-ring (bicyclic) bond motifs is 1. The van der Waals surface area contributed by atoms with Gasteiger partial charge in [-0.2, -0.15) is 0 Å². The molecular weight excluding hydrogens is 487 g/mol. The van der Waals surface area contributed by atoms with Crippen molar-refractivity contribution in [3.63, 3.8) is 0 Å². The second kappa shape index (κ2) is 9.38. The van der Waals surface area contributed by atoms with Crippen LogP contribution in [-0.4, -0.2) is 87.1 Å². The van der Waals surface area contributed by atoms with Crippen molar-refractivity contribution < 1.29 is 53.3 Å². The van der Waals surface area contributed by atoms with E-state index in [1.54, 1.807) is 0 Å². The Morgan fingerprint density at radius 1 is 1.29 bits per heavy atom. The van der Waals surface area contributed by atoms with E-state index in [1.807, 2.05) is 4.98 Å². The highest BCUT2D eigenvalue weighted by molar-refractivity contribution is 7.46. The average Bonchev–Trinajstić information content (AvgIpc) is 3.20. The van der Waals surface area contributed by atoms with E-state index in [1.165, 1.54) is 0 Å². The van der Waals surface area contributed by atoms with Gasteiger partial charge in [0.25, 0.3) is 5.56 Å². The summed E-state index contributed by atoms with van der Waals surface area (Å²) >= 11 is 0. The molecule has 1 unspecified atom stereocenters. The molecule has 17 nitrogen and oxygen atoms in total. The fraction of sp³-hybridized carbons (Fsp3) is 0.562. The minimum absolute atomic E-state index is 0.179. The van der Waals surface area contributed by atoms with Crippen molar-refractivity contribution in [3.8, 4) is 0 Å². The van der Waals surface area contributed by atoms with Crippen LogP contribution in [-0.2, 0) is 28.2 Å². The SMILES string of the molecule is CC(O)(CC(=O)O)CC(=O)O[C@@H]1[C@H](O)[C@@H](COP(=O)(O)O)O[C@H]1n1cnc2c(=O)[nH]c(=O)[nH]c21. The van der Waals surface area contributed by atoms with E-state index in [0.717, 1.165) is 17.8 Å². The number of imidazole rings is 1. The number of H-pyrrole nitrogens is 2. The van der Waals surface area contributed by atoms with E-state index < -0.39 is 80.6 Å². The summed E-state index contributed by atoms with van der Waals surface area (Å²) in [4.78, 5) is 72.9. The molecule has 5 atom stereocenters. The topological polar surface area (TPSA) is 264 Å². The molecule has 3 rings (SSSR count). The average molecular weight is 508 g/mol. The molecule has 0 saturated carbocycles. The Morgan fingerprint density at radius 2 is 1.97 bits per heavy atom. The molecule has 0 bridgehead atoms. The lowest BCUT2D eigenvalue weighted by molar-refractivity contribution is -0.164. The molecule has 1 fully saturated rings. The van der Waals surface area contributed by atoms with Gasteiger partial charge in [0.05, 0.1) is 31.4 Å². The minimum Gasteiger partial charge on any atom is -0.481 e. The van der Waals surface area contributed by atoms with Gasteiger partial charge in [-0.25, -0.2) is 14.3 Å². The number of nitrogens with zero attached hydrogens (tertiary/aromatic N) is 2. The lowest BCUT2D eigenvalue weighted by atomic mass is 9.98. The van der Waals surface area contributed by atoms with Gasteiger partial charge < -0.3 is 34.6 Å². The first-order valence-corrected chi connectivity index (χ1v) is 11.1. The number of aromatic amines is 2. The van der Waals surface area contributed by atoms with Crippen LogP contribution in [0.15, 0.2) is 15.9 Å². The monoisotopic (exact) mass is 508 g/mol. The van der Waals surface area contributed by atoms with Crippen LogP contribution in [0.2, 0.25) is 0 Å². The standard InChI is InChI=1S/C16H21N4O13P/c1-16(27,2-7(21)22)3-8(23)33-11-10(24)6(4-31-34(28,29)30)32-14(11)20-5-17-9-12(20)18-15(26)19-13(9)25/h5-6,10-11,14,24,27H,2-4H2,1H3,(H,21,22)(H2,28,29,30)(H2,18,19,25,26)/t6-,10-,11-,14-,16?/m1/s1. The Hall–Kier alpha value is -2.92. The van der Waals surface area contributed by atoms with Gasteiger partial charge in [-0.3, -0.25) is 33.4 Å². The number of nitrogens with one attached hydrogen (secondary N) is 2. The van der Waals surface area contributed by atoms with Crippen molar-refractivity contribution in [1.29, 1.82) is 0 Å². The van der Waals surface area contributed by atoms with Gasteiger partial charge in [0.15, 0.2) is 17.8 Å². The third kappa shape index (κ3) is 5.95. The number of aliphatic hydroxyl groups is 2. The highest BCUT2D eigenvalue weighted by Gasteiger charge is 2.49. The molecule has 2 aromatic heterocycles. The Bertz CT molecular complexity index is 1240. The predicted octanol–water partition coefficient (Wildman–Crippen LogP) is -2.69. The van der Waals surface area contributed by atoms with Crippen LogP contribution in [0.1, 0.15) is 26.0 Å².